The highest BCUT2D eigenvalue weighted by atomic mass is 15.3. The van der Waals surface area contributed by atoms with Crippen molar-refractivity contribution >= 4 is 23.1 Å². The van der Waals surface area contributed by atoms with E-state index in [4.69, 9.17) is 10.2 Å². The van der Waals surface area contributed by atoms with Gasteiger partial charge in [0, 0.05) is 42.9 Å². The maximum atomic E-state index is 8.92. The summed E-state index contributed by atoms with van der Waals surface area (Å²) in [6.45, 7) is 2.84. The summed E-state index contributed by atoms with van der Waals surface area (Å²) in [5.74, 6) is 2.11. The monoisotopic (exact) mass is 392 g/mol. The molecule has 3 aromatic rings. The van der Waals surface area contributed by atoms with E-state index in [1.807, 2.05) is 23.6 Å². The van der Waals surface area contributed by atoms with Gasteiger partial charge in [-0.05, 0) is 32.6 Å². The van der Waals surface area contributed by atoms with Gasteiger partial charge in [0.1, 0.15) is 12.1 Å². The van der Waals surface area contributed by atoms with Crippen molar-refractivity contribution in [1.82, 2.24) is 34.7 Å². The number of aromatic amines is 1. The van der Waals surface area contributed by atoms with Crippen LogP contribution in [0.15, 0.2) is 18.6 Å². The summed E-state index contributed by atoms with van der Waals surface area (Å²) in [7, 11) is 0. The van der Waals surface area contributed by atoms with Crippen molar-refractivity contribution in [2.24, 2.45) is 0 Å². The average Bonchev–Trinajstić information content (AvgIpc) is 3.39. The van der Waals surface area contributed by atoms with Gasteiger partial charge in [-0.1, -0.05) is 0 Å². The number of rotatable bonds is 6. The Morgan fingerprint density at radius 1 is 1.28 bits per heavy atom. The van der Waals surface area contributed by atoms with Gasteiger partial charge in [0.2, 0.25) is 5.65 Å². The highest BCUT2D eigenvalue weighted by molar-refractivity contribution is 5.69. The molecule has 2 aliphatic rings. The molecular weight excluding hydrogens is 368 g/mol. The molecule has 0 saturated carbocycles. The summed E-state index contributed by atoms with van der Waals surface area (Å²) in [5, 5.41) is 31.1. The van der Waals surface area contributed by atoms with E-state index in [-0.39, 0.29) is 0 Å². The summed E-state index contributed by atoms with van der Waals surface area (Å²) in [4.78, 5) is 7.29. The highest BCUT2D eigenvalue weighted by Crippen LogP contribution is 2.36. The van der Waals surface area contributed by atoms with E-state index < -0.39 is 0 Å². The molecule has 3 atom stereocenters. The fraction of sp³-hybridized carbons (Fsp3) is 0.526. The van der Waals surface area contributed by atoms with Crippen LogP contribution in [0, 0.1) is 18.3 Å². The average molecular weight is 392 g/mol. The molecule has 2 saturated heterocycles. The van der Waals surface area contributed by atoms with Crippen LogP contribution in [0.4, 0.5) is 17.5 Å². The molecule has 150 valence electrons. The largest absolute Gasteiger partial charge is 0.366 e. The highest BCUT2D eigenvalue weighted by Gasteiger charge is 2.40. The lowest BCUT2D eigenvalue weighted by atomic mass is 9.97. The predicted molar refractivity (Wildman–Crippen MR) is 108 cm³/mol. The summed E-state index contributed by atoms with van der Waals surface area (Å²) in [6.07, 6.45) is 8.81. The maximum Gasteiger partial charge on any atom is 0.204 e. The normalized spacial score (nSPS) is 23.9. The third-order valence-electron chi connectivity index (χ3n) is 5.95. The van der Waals surface area contributed by atoms with Gasteiger partial charge in [-0.15, -0.1) is 10.2 Å². The fourth-order valence-corrected chi connectivity index (χ4v) is 4.74. The molecule has 1 unspecified atom stereocenters. The molecule has 2 aliphatic heterocycles. The quantitative estimate of drug-likeness (QED) is 0.583. The van der Waals surface area contributed by atoms with E-state index in [0.717, 1.165) is 30.9 Å². The molecule has 3 N–H and O–H groups in total. The van der Waals surface area contributed by atoms with Crippen LogP contribution in [0.2, 0.25) is 0 Å². The second-order valence-corrected chi connectivity index (χ2v) is 7.94. The van der Waals surface area contributed by atoms with Crippen LogP contribution < -0.4 is 10.6 Å². The first-order valence-electron chi connectivity index (χ1n) is 10.1. The molecule has 10 nitrogen and oxygen atoms in total. The standard InChI is InChI=1S/C19H24N10/c1-12-7-16(26-25-12)23-18-19-27-21-11-28(19)10-17(24-18)22-13-8-14-3-4-15(9-13)29(14)6-2-5-20/h7,10-11,13-15,22H,2-4,6,8-9H2,1H3,(H2,23,24,25,26)/t13?,14-,15+. The second-order valence-electron chi connectivity index (χ2n) is 7.94. The molecule has 2 fully saturated rings. The Kier molecular flexibility index (Phi) is 4.52. The molecule has 0 aliphatic carbocycles. The lowest BCUT2D eigenvalue weighted by Crippen LogP contribution is -2.47. The summed E-state index contributed by atoms with van der Waals surface area (Å²) in [6, 6.07) is 5.69. The fourth-order valence-electron chi connectivity index (χ4n) is 4.74. The van der Waals surface area contributed by atoms with E-state index in [1.165, 1.54) is 12.8 Å². The smallest absolute Gasteiger partial charge is 0.204 e. The topological polar surface area (TPSA) is 123 Å². The first-order valence-corrected chi connectivity index (χ1v) is 10.1. The first kappa shape index (κ1) is 17.9. The number of hydrogen-bond donors (Lipinski definition) is 3. The van der Waals surface area contributed by atoms with Crippen LogP contribution >= 0.6 is 0 Å². The first-order chi connectivity index (χ1) is 14.2. The molecule has 0 radical (unpaired) electrons. The van der Waals surface area contributed by atoms with Crippen molar-refractivity contribution < 1.29 is 0 Å². The van der Waals surface area contributed by atoms with E-state index >= 15 is 0 Å². The number of nitrogens with zero attached hydrogens (tertiary/aromatic N) is 7. The number of nitrogens with one attached hydrogen (secondary N) is 3. The zero-order valence-corrected chi connectivity index (χ0v) is 16.3. The van der Waals surface area contributed by atoms with Crippen LogP contribution in [0.1, 0.15) is 37.8 Å². The lowest BCUT2D eigenvalue weighted by Gasteiger charge is -2.39. The van der Waals surface area contributed by atoms with Gasteiger partial charge in [0.15, 0.2) is 11.6 Å². The Balaban J connectivity index is 1.34. The minimum Gasteiger partial charge on any atom is -0.366 e. The zero-order valence-electron chi connectivity index (χ0n) is 16.3. The summed E-state index contributed by atoms with van der Waals surface area (Å²) < 4.78 is 1.87. The number of hydrogen-bond acceptors (Lipinski definition) is 8. The number of aromatic nitrogens is 6. The molecule has 10 heteroatoms. The van der Waals surface area contributed by atoms with Gasteiger partial charge in [-0.2, -0.15) is 10.4 Å². The number of fused-ring (bicyclic) bond motifs is 3. The molecule has 3 aromatic heterocycles. The van der Waals surface area contributed by atoms with E-state index in [9.17, 15) is 0 Å². The Bertz CT molecular complexity index is 1030. The Morgan fingerprint density at radius 3 is 2.83 bits per heavy atom. The van der Waals surface area contributed by atoms with Crippen molar-refractivity contribution in [2.45, 2.75) is 57.2 Å². The minimum atomic E-state index is 0.368. The molecule has 0 spiro atoms. The van der Waals surface area contributed by atoms with E-state index in [0.29, 0.717) is 41.8 Å². The van der Waals surface area contributed by atoms with Gasteiger partial charge < -0.3 is 10.6 Å². The predicted octanol–water partition coefficient (Wildman–Crippen LogP) is 2.22. The van der Waals surface area contributed by atoms with Crippen LogP contribution in [0.3, 0.4) is 0 Å². The number of nitriles is 1. The summed E-state index contributed by atoms with van der Waals surface area (Å²) >= 11 is 0. The molecular formula is C19H24N10. The van der Waals surface area contributed by atoms with E-state index in [2.05, 4.69) is 42.0 Å². The number of aryl methyl sites for hydroxylation is 1. The van der Waals surface area contributed by atoms with Crippen LogP contribution in [-0.2, 0) is 0 Å². The number of anilines is 3. The Hall–Kier alpha value is -3.19. The van der Waals surface area contributed by atoms with Gasteiger partial charge >= 0.3 is 0 Å². The van der Waals surface area contributed by atoms with Crippen molar-refractivity contribution in [3.63, 3.8) is 0 Å². The molecule has 0 aromatic carbocycles. The van der Waals surface area contributed by atoms with Crippen molar-refractivity contribution in [3.05, 3.63) is 24.3 Å². The third kappa shape index (κ3) is 3.49. The number of H-pyrrole nitrogens is 1. The van der Waals surface area contributed by atoms with Gasteiger partial charge in [0.25, 0.3) is 0 Å². The van der Waals surface area contributed by atoms with Crippen molar-refractivity contribution in [1.29, 1.82) is 5.26 Å². The zero-order chi connectivity index (χ0) is 19.8. The molecule has 5 rings (SSSR count). The SMILES string of the molecule is Cc1cc(Nc2nc(NC3C[C@H]4CC[C@@H](C3)N4CCC#N)cn3cnnc23)n[nH]1. The van der Waals surface area contributed by atoms with Crippen LogP contribution in [0.25, 0.3) is 5.65 Å². The van der Waals surface area contributed by atoms with Gasteiger partial charge in [-0.25, -0.2) is 4.98 Å². The molecule has 5 heterocycles. The lowest BCUT2D eigenvalue weighted by molar-refractivity contribution is 0.135. The van der Waals surface area contributed by atoms with E-state index in [1.54, 1.807) is 6.33 Å². The van der Waals surface area contributed by atoms with Crippen molar-refractivity contribution in [3.8, 4) is 6.07 Å². The summed E-state index contributed by atoms with van der Waals surface area (Å²) in [5.41, 5.74) is 1.63. The Morgan fingerprint density at radius 2 is 2.10 bits per heavy atom. The van der Waals surface area contributed by atoms with Crippen LogP contribution in [-0.4, -0.2) is 59.3 Å². The third-order valence-corrected chi connectivity index (χ3v) is 5.95. The molecule has 0 amide bonds. The Labute approximate surface area is 168 Å². The van der Waals surface area contributed by atoms with Gasteiger partial charge in [-0.3, -0.25) is 14.4 Å². The maximum absolute atomic E-state index is 8.92. The van der Waals surface area contributed by atoms with Gasteiger partial charge in [0.05, 0.1) is 12.3 Å². The molecule has 2 bridgehead atoms. The van der Waals surface area contributed by atoms with Crippen molar-refractivity contribution in [2.75, 3.05) is 17.2 Å². The molecule has 29 heavy (non-hydrogen) atoms. The number of piperidine rings is 1. The minimum absolute atomic E-state index is 0.368. The van der Waals surface area contributed by atoms with Crippen LogP contribution in [0.5, 0.6) is 0 Å². The second kappa shape index (κ2) is 7.33.